The van der Waals surface area contributed by atoms with Crippen LogP contribution in [0.15, 0.2) is 53.8 Å². The molecule has 1 amide bonds. The molecule has 1 heterocycles. The van der Waals surface area contributed by atoms with Crippen molar-refractivity contribution < 1.29 is 9.53 Å². The van der Waals surface area contributed by atoms with Gasteiger partial charge in [-0.15, -0.1) is 24.0 Å². The second kappa shape index (κ2) is 13.1. The van der Waals surface area contributed by atoms with Gasteiger partial charge in [0.1, 0.15) is 5.75 Å². The molecule has 1 aliphatic carbocycles. The molecular weight excluding hydrogens is 493 g/mol. The summed E-state index contributed by atoms with van der Waals surface area (Å²) in [5, 5.41) is 9.55. The number of aliphatic imine (C=N–C) groups is 1. The molecule has 0 atom stereocenters. The minimum atomic E-state index is -0.0499. The molecule has 164 valence electrons. The molecule has 3 rings (SSSR count). The number of nitrogens with one attached hydrogen (secondary N) is 3. The number of nitrogens with zero attached hydrogens (tertiary/aromatic N) is 2. The first kappa shape index (κ1) is 24.0. The Labute approximate surface area is 195 Å². The van der Waals surface area contributed by atoms with Gasteiger partial charge in [-0.2, -0.15) is 0 Å². The number of aromatic nitrogens is 1. The predicted octanol–water partition coefficient (Wildman–Crippen LogP) is 2.56. The van der Waals surface area contributed by atoms with Crippen LogP contribution < -0.4 is 20.7 Å². The number of ether oxygens (including phenoxy) is 1. The SMILES string of the molecule is CCNC(=NCCc1ccc(OCC(=O)NC2CC2)cc1)NCCn1cccc1.I. The summed E-state index contributed by atoms with van der Waals surface area (Å²) >= 11 is 0. The summed E-state index contributed by atoms with van der Waals surface area (Å²) < 4.78 is 7.67. The third kappa shape index (κ3) is 9.06. The first-order chi connectivity index (χ1) is 14.2. The number of carbonyl (C=O) groups excluding carboxylic acids is 1. The zero-order valence-electron chi connectivity index (χ0n) is 17.5. The van der Waals surface area contributed by atoms with Crippen molar-refractivity contribution in [2.75, 3.05) is 26.2 Å². The van der Waals surface area contributed by atoms with Crippen molar-refractivity contribution in [3.8, 4) is 5.75 Å². The van der Waals surface area contributed by atoms with Crippen molar-refractivity contribution in [2.24, 2.45) is 4.99 Å². The molecule has 1 aliphatic rings. The quantitative estimate of drug-likeness (QED) is 0.240. The Morgan fingerprint density at radius 2 is 1.90 bits per heavy atom. The van der Waals surface area contributed by atoms with Crippen LogP contribution >= 0.6 is 24.0 Å². The van der Waals surface area contributed by atoms with Gasteiger partial charge in [0.05, 0.1) is 0 Å². The summed E-state index contributed by atoms with van der Waals surface area (Å²) in [6.07, 6.45) is 7.12. The number of amides is 1. The lowest BCUT2D eigenvalue weighted by atomic mass is 10.1. The number of guanidine groups is 1. The number of halogens is 1. The number of rotatable bonds is 11. The first-order valence-corrected chi connectivity index (χ1v) is 10.4. The minimum absolute atomic E-state index is 0. The first-order valence-electron chi connectivity index (χ1n) is 10.4. The lowest BCUT2D eigenvalue weighted by Gasteiger charge is -2.12. The molecule has 0 spiro atoms. The lowest BCUT2D eigenvalue weighted by Crippen LogP contribution is -2.39. The van der Waals surface area contributed by atoms with E-state index in [2.05, 4.69) is 44.8 Å². The molecule has 8 heteroatoms. The van der Waals surface area contributed by atoms with E-state index in [9.17, 15) is 4.79 Å². The van der Waals surface area contributed by atoms with Gasteiger partial charge in [-0.25, -0.2) is 0 Å². The zero-order valence-corrected chi connectivity index (χ0v) is 19.8. The van der Waals surface area contributed by atoms with Crippen LogP contribution in [-0.2, 0) is 17.8 Å². The summed E-state index contributed by atoms with van der Waals surface area (Å²) in [5.41, 5.74) is 1.19. The maximum absolute atomic E-state index is 11.7. The van der Waals surface area contributed by atoms with Gasteiger partial charge in [-0.3, -0.25) is 9.79 Å². The van der Waals surface area contributed by atoms with Crippen LogP contribution in [-0.4, -0.2) is 48.7 Å². The van der Waals surface area contributed by atoms with E-state index in [4.69, 9.17) is 4.74 Å². The molecule has 0 aliphatic heterocycles. The third-order valence-corrected chi connectivity index (χ3v) is 4.58. The van der Waals surface area contributed by atoms with E-state index in [0.29, 0.717) is 18.3 Å². The largest absolute Gasteiger partial charge is 0.484 e. The topological polar surface area (TPSA) is 79.7 Å². The van der Waals surface area contributed by atoms with E-state index in [-0.39, 0.29) is 36.5 Å². The number of carbonyl (C=O) groups is 1. The summed E-state index contributed by atoms with van der Waals surface area (Å²) in [4.78, 5) is 16.3. The van der Waals surface area contributed by atoms with Crippen LogP contribution in [0.2, 0.25) is 0 Å². The third-order valence-electron chi connectivity index (χ3n) is 4.58. The number of hydrogen-bond donors (Lipinski definition) is 3. The molecule has 1 fully saturated rings. The van der Waals surface area contributed by atoms with Gasteiger partial charge in [0, 0.05) is 44.6 Å². The molecule has 0 saturated heterocycles. The van der Waals surface area contributed by atoms with Gasteiger partial charge in [-0.05, 0) is 56.0 Å². The van der Waals surface area contributed by atoms with Gasteiger partial charge in [0.2, 0.25) is 0 Å². The molecule has 1 saturated carbocycles. The van der Waals surface area contributed by atoms with E-state index in [1.807, 2.05) is 36.4 Å². The van der Waals surface area contributed by atoms with Gasteiger partial charge in [0.15, 0.2) is 12.6 Å². The van der Waals surface area contributed by atoms with Gasteiger partial charge < -0.3 is 25.3 Å². The van der Waals surface area contributed by atoms with Crippen LogP contribution in [0.1, 0.15) is 25.3 Å². The van der Waals surface area contributed by atoms with Crippen LogP contribution in [0.5, 0.6) is 5.75 Å². The van der Waals surface area contributed by atoms with E-state index in [0.717, 1.165) is 44.9 Å². The van der Waals surface area contributed by atoms with Crippen molar-refractivity contribution in [2.45, 2.75) is 38.8 Å². The van der Waals surface area contributed by atoms with E-state index in [1.54, 1.807) is 0 Å². The van der Waals surface area contributed by atoms with Gasteiger partial charge in [0.25, 0.3) is 5.91 Å². The summed E-state index contributed by atoms with van der Waals surface area (Å²) in [7, 11) is 0. The molecule has 0 bridgehead atoms. The van der Waals surface area contributed by atoms with Crippen molar-refractivity contribution >= 4 is 35.8 Å². The summed E-state index contributed by atoms with van der Waals surface area (Å²) in [6.45, 7) is 5.38. The van der Waals surface area contributed by atoms with Crippen LogP contribution in [0.3, 0.4) is 0 Å². The Kier molecular flexibility index (Phi) is 10.5. The molecule has 2 aromatic rings. The van der Waals surface area contributed by atoms with Crippen LogP contribution in [0.25, 0.3) is 0 Å². The summed E-state index contributed by atoms with van der Waals surface area (Å²) in [6, 6.07) is 12.3. The predicted molar refractivity (Wildman–Crippen MR) is 131 cm³/mol. The normalized spacial score (nSPS) is 13.3. The highest BCUT2D eigenvalue weighted by atomic mass is 127. The Hall–Kier alpha value is -2.23. The van der Waals surface area contributed by atoms with Crippen molar-refractivity contribution in [3.05, 3.63) is 54.4 Å². The average molecular weight is 525 g/mol. The lowest BCUT2D eigenvalue weighted by molar-refractivity contribution is -0.123. The second-order valence-corrected chi connectivity index (χ2v) is 7.13. The average Bonchev–Trinajstić information content (AvgIpc) is 3.38. The molecule has 30 heavy (non-hydrogen) atoms. The van der Waals surface area contributed by atoms with Crippen molar-refractivity contribution in [1.82, 2.24) is 20.5 Å². The highest BCUT2D eigenvalue weighted by molar-refractivity contribution is 14.0. The Bertz CT molecular complexity index is 773. The maximum Gasteiger partial charge on any atom is 0.258 e. The highest BCUT2D eigenvalue weighted by Crippen LogP contribution is 2.18. The van der Waals surface area contributed by atoms with E-state index < -0.39 is 0 Å². The van der Waals surface area contributed by atoms with Gasteiger partial charge >= 0.3 is 0 Å². The molecule has 0 unspecified atom stereocenters. The molecule has 7 nitrogen and oxygen atoms in total. The fraction of sp³-hybridized carbons (Fsp3) is 0.455. The van der Waals surface area contributed by atoms with E-state index >= 15 is 0 Å². The fourth-order valence-corrected chi connectivity index (χ4v) is 2.86. The van der Waals surface area contributed by atoms with Crippen LogP contribution in [0, 0.1) is 0 Å². The molecule has 1 aromatic carbocycles. The zero-order chi connectivity index (χ0) is 20.3. The Balaban J connectivity index is 0.00000320. The van der Waals surface area contributed by atoms with Crippen LogP contribution in [0.4, 0.5) is 0 Å². The Morgan fingerprint density at radius 3 is 2.57 bits per heavy atom. The number of hydrogen-bond acceptors (Lipinski definition) is 3. The van der Waals surface area contributed by atoms with Crippen molar-refractivity contribution in [1.29, 1.82) is 0 Å². The highest BCUT2D eigenvalue weighted by Gasteiger charge is 2.23. The monoisotopic (exact) mass is 525 g/mol. The second-order valence-electron chi connectivity index (χ2n) is 7.13. The fourth-order valence-electron chi connectivity index (χ4n) is 2.86. The van der Waals surface area contributed by atoms with Crippen molar-refractivity contribution in [3.63, 3.8) is 0 Å². The molecule has 3 N–H and O–H groups in total. The smallest absolute Gasteiger partial charge is 0.258 e. The summed E-state index contributed by atoms with van der Waals surface area (Å²) in [5.74, 6) is 1.50. The molecule has 0 radical (unpaired) electrons. The number of benzene rings is 1. The molecular formula is C22H32IN5O2. The van der Waals surface area contributed by atoms with E-state index in [1.165, 1.54) is 5.56 Å². The maximum atomic E-state index is 11.7. The van der Waals surface area contributed by atoms with Gasteiger partial charge in [-0.1, -0.05) is 12.1 Å². The minimum Gasteiger partial charge on any atom is -0.484 e. The Morgan fingerprint density at radius 1 is 1.17 bits per heavy atom. The molecule has 1 aromatic heterocycles. The standard InChI is InChI=1S/C22H31N5O2.HI/c1-2-23-22(25-13-16-27-14-3-4-15-27)24-12-11-18-5-9-20(10-6-18)29-17-21(28)26-19-7-8-19;/h3-6,9-10,14-15,19H,2,7-8,11-13,16-17H2,1H3,(H,26,28)(H2,23,24,25);1H.